The number of carbonyl (C=O) groups is 4. The molecule has 0 radical (unpaired) electrons. The second-order valence-corrected chi connectivity index (χ2v) is 10.4. The summed E-state index contributed by atoms with van der Waals surface area (Å²) >= 11 is 1.50. The Labute approximate surface area is 212 Å². The molecule has 0 aliphatic carbocycles. The number of carboxylic acids is 1. The van der Waals surface area contributed by atoms with Crippen molar-refractivity contribution in [1.29, 1.82) is 0 Å². The number of amides is 3. The van der Waals surface area contributed by atoms with Crippen LogP contribution in [0, 0.1) is 11.8 Å². The highest BCUT2D eigenvalue weighted by Gasteiger charge is 2.31. The van der Waals surface area contributed by atoms with Crippen molar-refractivity contribution < 1.29 is 24.3 Å². The van der Waals surface area contributed by atoms with Gasteiger partial charge in [-0.3, -0.25) is 14.4 Å². The minimum Gasteiger partial charge on any atom is -0.480 e. The maximum absolute atomic E-state index is 13.1. The fraction of sp³-hybridized carbons (Fsp3) is 0.600. The van der Waals surface area contributed by atoms with Crippen LogP contribution in [0.15, 0.2) is 30.3 Å². The molecule has 6 N–H and O–H groups in total. The average Bonchev–Trinajstić information content (AvgIpc) is 2.79. The Hall–Kier alpha value is -2.59. The molecule has 4 atom stereocenters. The number of aliphatic carboxylic acids is 1. The Balaban J connectivity index is 2.94. The van der Waals surface area contributed by atoms with Crippen molar-refractivity contribution in [3.8, 4) is 0 Å². The first-order valence-corrected chi connectivity index (χ1v) is 13.3. The van der Waals surface area contributed by atoms with Gasteiger partial charge in [-0.2, -0.15) is 11.8 Å². The number of carboxylic acid groups (broad SMARTS) is 1. The lowest BCUT2D eigenvalue weighted by atomic mass is 10.00. The van der Waals surface area contributed by atoms with E-state index in [0.29, 0.717) is 18.6 Å². The standard InChI is InChI=1S/C25H40N4O5S/c1-15(2)13-18(26)22(30)29-21(16(3)4)24(32)27-19(11-12-35-5)23(31)28-20(25(33)34)14-17-9-7-6-8-10-17/h6-10,15-16,18-21H,11-14,26H2,1-5H3,(H,27,32)(H,28,31)(H,29,30)(H,33,34). The van der Waals surface area contributed by atoms with E-state index in [1.165, 1.54) is 11.8 Å². The van der Waals surface area contributed by atoms with Crippen LogP contribution in [0.2, 0.25) is 0 Å². The minimum absolute atomic E-state index is 0.115. The Morgan fingerprint density at radius 1 is 0.914 bits per heavy atom. The topological polar surface area (TPSA) is 151 Å². The van der Waals surface area contributed by atoms with E-state index in [4.69, 9.17) is 5.73 Å². The van der Waals surface area contributed by atoms with Gasteiger partial charge in [-0.25, -0.2) is 4.79 Å². The molecule has 0 aliphatic heterocycles. The molecule has 35 heavy (non-hydrogen) atoms. The summed E-state index contributed by atoms with van der Waals surface area (Å²) in [5.41, 5.74) is 6.73. The molecule has 1 aromatic rings. The molecule has 0 spiro atoms. The molecule has 3 amide bonds. The first-order chi connectivity index (χ1) is 16.5. The molecule has 0 heterocycles. The number of hydrogen-bond donors (Lipinski definition) is 5. The Kier molecular flexibility index (Phi) is 13.4. The van der Waals surface area contributed by atoms with Gasteiger partial charge < -0.3 is 26.8 Å². The fourth-order valence-electron chi connectivity index (χ4n) is 3.50. The van der Waals surface area contributed by atoms with E-state index in [0.717, 1.165) is 5.56 Å². The van der Waals surface area contributed by atoms with Crippen molar-refractivity contribution >= 4 is 35.5 Å². The highest BCUT2D eigenvalue weighted by atomic mass is 32.2. The minimum atomic E-state index is -1.16. The lowest BCUT2D eigenvalue weighted by molar-refractivity contribution is -0.142. The zero-order valence-corrected chi connectivity index (χ0v) is 22.1. The predicted molar refractivity (Wildman–Crippen MR) is 139 cm³/mol. The van der Waals surface area contributed by atoms with Gasteiger partial charge in [0.15, 0.2) is 0 Å². The van der Waals surface area contributed by atoms with Crippen LogP contribution in [-0.2, 0) is 25.6 Å². The van der Waals surface area contributed by atoms with Crippen molar-refractivity contribution in [3.05, 3.63) is 35.9 Å². The normalized spacial score (nSPS) is 14.6. The SMILES string of the molecule is CSCCC(NC(=O)C(NC(=O)C(N)CC(C)C)C(C)C)C(=O)NC(Cc1ccccc1)C(=O)O. The third-order valence-electron chi connectivity index (χ3n) is 5.45. The molecule has 0 bridgehead atoms. The summed E-state index contributed by atoms with van der Waals surface area (Å²) in [4.78, 5) is 50.4. The molecule has 1 aromatic carbocycles. The zero-order valence-electron chi connectivity index (χ0n) is 21.2. The Bertz CT molecular complexity index is 834. The molecule has 0 fully saturated rings. The maximum Gasteiger partial charge on any atom is 0.326 e. The second kappa shape index (κ2) is 15.4. The van der Waals surface area contributed by atoms with Gasteiger partial charge in [0, 0.05) is 6.42 Å². The summed E-state index contributed by atoms with van der Waals surface area (Å²) in [5.74, 6) is -2.14. The number of rotatable bonds is 15. The third-order valence-corrected chi connectivity index (χ3v) is 6.09. The molecular weight excluding hydrogens is 468 g/mol. The smallest absolute Gasteiger partial charge is 0.326 e. The van der Waals surface area contributed by atoms with E-state index in [2.05, 4.69) is 16.0 Å². The van der Waals surface area contributed by atoms with Crippen LogP contribution in [0.5, 0.6) is 0 Å². The molecular formula is C25H40N4O5S. The van der Waals surface area contributed by atoms with Gasteiger partial charge in [0.1, 0.15) is 18.1 Å². The van der Waals surface area contributed by atoms with Crippen molar-refractivity contribution in [1.82, 2.24) is 16.0 Å². The van der Waals surface area contributed by atoms with Crippen molar-refractivity contribution in [3.63, 3.8) is 0 Å². The number of nitrogens with two attached hydrogens (primary N) is 1. The van der Waals surface area contributed by atoms with Gasteiger partial charge in [-0.15, -0.1) is 0 Å². The third kappa shape index (κ3) is 11.1. The van der Waals surface area contributed by atoms with Crippen LogP contribution in [0.3, 0.4) is 0 Å². The summed E-state index contributed by atoms with van der Waals surface area (Å²) < 4.78 is 0. The Morgan fingerprint density at radius 2 is 1.51 bits per heavy atom. The van der Waals surface area contributed by atoms with Crippen LogP contribution >= 0.6 is 11.8 Å². The first-order valence-electron chi connectivity index (χ1n) is 11.9. The summed E-state index contributed by atoms with van der Waals surface area (Å²) in [6.45, 7) is 7.49. The van der Waals surface area contributed by atoms with E-state index in [1.807, 2.05) is 26.2 Å². The first kappa shape index (κ1) is 30.4. The number of hydrogen-bond acceptors (Lipinski definition) is 6. The zero-order chi connectivity index (χ0) is 26.5. The molecule has 10 heteroatoms. The predicted octanol–water partition coefficient (Wildman–Crippen LogP) is 1.55. The fourth-order valence-corrected chi connectivity index (χ4v) is 3.97. The van der Waals surface area contributed by atoms with Crippen LogP contribution < -0.4 is 21.7 Å². The van der Waals surface area contributed by atoms with E-state index in [-0.39, 0.29) is 18.3 Å². The van der Waals surface area contributed by atoms with Crippen molar-refractivity contribution in [2.45, 2.75) is 71.1 Å². The number of thioether (sulfide) groups is 1. The second-order valence-electron chi connectivity index (χ2n) is 9.40. The molecule has 1 rings (SSSR count). The maximum atomic E-state index is 13.1. The molecule has 0 saturated carbocycles. The highest BCUT2D eigenvalue weighted by molar-refractivity contribution is 7.98. The van der Waals surface area contributed by atoms with Gasteiger partial charge in [0.05, 0.1) is 6.04 Å². The Morgan fingerprint density at radius 3 is 2.03 bits per heavy atom. The van der Waals surface area contributed by atoms with E-state index < -0.39 is 47.9 Å². The van der Waals surface area contributed by atoms with Crippen LogP contribution in [0.1, 0.15) is 46.1 Å². The lowest BCUT2D eigenvalue weighted by Crippen LogP contribution is -2.58. The van der Waals surface area contributed by atoms with Gasteiger partial charge in [0.25, 0.3) is 0 Å². The summed E-state index contributed by atoms with van der Waals surface area (Å²) in [5, 5.41) is 17.6. The van der Waals surface area contributed by atoms with Crippen molar-refractivity contribution in [2.24, 2.45) is 17.6 Å². The molecule has 0 aromatic heterocycles. The van der Waals surface area contributed by atoms with E-state index in [9.17, 15) is 24.3 Å². The summed E-state index contributed by atoms with van der Waals surface area (Å²) in [7, 11) is 0. The molecule has 0 saturated heterocycles. The number of benzene rings is 1. The summed E-state index contributed by atoms with van der Waals surface area (Å²) in [6.07, 6.45) is 2.78. The van der Waals surface area contributed by atoms with Crippen LogP contribution in [0.25, 0.3) is 0 Å². The largest absolute Gasteiger partial charge is 0.480 e. The average molecular weight is 509 g/mol. The molecule has 4 unspecified atom stereocenters. The van der Waals surface area contributed by atoms with Crippen LogP contribution in [0.4, 0.5) is 0 Å². The quantitative estimate of drug-likeness (QED) is 0.241. The molecule has 9 nitrogen and oxygen atoms in total. The van der Waals surface area contributed by atoms with E-state index in [1.54, 1.807) is 38.1 Å². The summed E-state index contributed by atoms with van der Waals surface area (Å²) in [6, 6.07) is 5.27. The molecule has 196 valence electrons. The van der Waals surface area contributed by atoms with Gasteiger partial charge >= 0.3 is 5.97 Å². The van der Waals surface area contributed by atoms with Crippen LogP contribution in [-0.4, -0.2) is 65.0 Å². The number of carbonyl (C=O) groups excluding carboxylic acids is 3. The highest BCUT2D eigenvalue weighted by Crippen LogP contribution is 2.09. The van der Waals surface area contributed by atoms with Gasteiger partial charge in [-0.1, -0.05) is 58.0 Å². The lowest BCUT2D eigenvalue weighted by Gasteiger charge is -2.27. The van der Waals surface area contributed by atoms with Gasteiger partial charge in [-0.05, 0) is 42.2 Å². The number of nitrogens with one attached hydrogen (secondary N) is 3. The molecule has 0 aliphatic rings. The van der Waals surface area contributed by atoms with Gasteiger partial charge in [0.2, 0.25) is 17.7 Å². The van der Waals surface area contributed by atoms with Crippen molar-refractivity contribution in [2.75, 3.05) is 12.0 Å². The van der Waals surface area contributed by atoms with E-state index >= 15 is 0 Å². The monoisotopic (exact) mass is 508 g/mol.